The Hall–Kier alpha value is -0.770. The van der Waals surface area contributed by atoms with Gasteiger partial charge in [-0.1, -0.05) is 0 Å². The van der Waals surface area contributed by atoms with Gasteiger partial charge in [0.2, 0.25) is 0 Å². The topological polar surface area (TPSA) is 61.9 Å². The average Bonchev–Trinajstić information content (AvgIpc) is 1.82. The Morgan fingerprint density at radius 1 is 1.70 bits per heavy atom. The lowest BCUT2D eigenvalue weighted by molar-refractivity contribution is 0.203. The Bertz CT molecular complexity index is 120. The first-order valence-electron chi connectivity index (χ1n) is 3.19. The second-order valence-corrected chi connectivity index (χ2v) is 2.44. The monoisotopic (exact) mass is 145 g/mol. The highest BCUT2D eigenvalue weighted by Crippen LogP contribution is 1.82. The van der Waals surface area contributed by atoms with Crippen molar-refractivity contribution in [1.82, 2.24) is 4.90 Å². The number of hydrogen-bond acceptors (Lipinski definition) is 2. The van der Waals surface area contributed by atoms with Crippen molar-refractivity contribution in [3.63, 3.8) is 0 Å². The first-order valence-corrected chi connectivity index (χ1v) is 3.19. The quantitative estimate of drug-likeness (QED) is 0.397. The predicted octanol–water partition coefficient (Wildman–Crippen LogP) is -0.756. The molecule has 0 aromatic heterocycles. The summed E-state index contributed by atoms with van der Waals surface area (Å²) >= 11 is 0. The van der Waals surface area contributed by atoms with E-state index in [-0.39, 0.29) is 0 Å². The highest BCUT2D eigenvalue weighted by molar-refractivity contribution is 5.77. The fourth-order valence-electron chi connectivity index (χ4n) is 0.367. The summed E-state index contributed by atoms with van der Waals surface area (Å²) in [7, 11) is 3.61. The van der Waals surface area contributed by atoms with Gasteiger partial charge < -0.3 is 15.7 Å². The van der Waals surface area contributed by atoms with Gasteiger partial charge in [-0.05, 0) is 6.92 Å². The van der Waals surface area contributed by atoms with Crippen molar-refractivity contribution < 1.29 is 5.11 Å². The summed E-state index contributed by atoms with van der Waals surface area (Å²) in [5.74, 6) is 0.445. The van der Waals surface area contributed by atoms with E-state index in [1.54, 1.807) is 25.9 Å². The van der Waals surface area contributed by atoms with Crippen molar-refractivity contribution in [3.8, 4) is 0 Å². The number of nitrogens with two attached hydrogens (primary N) is 1. The molecule has 3 N–H and O–H groups in total. The lowest BCUT2D eigenvalue weighted by Gasteiger charge is -2.10. The third-order valence-electron chi connectivity index (χ3n) is 0.976. The van der Waals surface area contributed by atoms with E-state index < -0.39 is 6.10 Å². The van der Waals surface area contributed by atoms with E-state index in [0.717, 1.165) is 0 Å². The molecule has 0 saturated heterocycles. The molecule has 0 rings (SSSR count). The van der Waals surface area contributed by atoms with Crippen LogP contribution in [0.5, 0.6) is 0 Å². The van der Waals surface area contributed by atoms with Crippen LogP contribution in [-0.2, 0) is 0 Å². The van der Waals surface area contributed by atoms with Gasteiger partial charge in [-0.15, -0.1) is 0 Å². The van der Waals surface area contributed by atoms with Crippen LogP contribution in [0, 0.1) is 0 Å². The molecule has 0 amide bonds. The normalized spacial score (nSPS) is 15.0. The van der Waals surface area contributed by atoms with Gasteiger partial charge in [-0.2, -0.15) is 0 Å². The van der Waals surface area contributed by atoms with Crippen molar-refractivity contribution in [2.45, 2.75) is 13.0 Å². The summed E-state index contributed by atoms with van der Waals surface area (Å²) in [4.78, 5) is 5.59. The molecule has 0 aromatic rings. The Morgan fingerprint density at radius 2 is 2.20 bits per heavy atom. The zero-order valence-corrected chi connectivity index (χ0v) is 6.70. The van der Waals surface area contributed by atoms with Gasteiger partial charge in [-0.3, -0.25) is 4.99 Å². The Kier molecular flexibility index (Phi) is 3.79. The molecule has 0 heterocycles. The predicted molar refractivity (Wildman–Crippen MR) is 41.9 cm³/mol. The Morgan fingerprint density at radius 3 is 2.50 bits per heavy atom. The molecular weight excluding hydrogens is 130 g/mol. The molecule has 0 spiro atoms. The second-order valence-electron chi connectivity index (χ2n) is 2.44. The number of aliphatic hydroxyl groups excluding tert-OH is 1. The number of aliphatic imine (C=N–C) groups is 1. The highest BCUT2D eigenvalue weighted by Gasteiger charge is 1.95. The number of hydrogen-bond donors (Lipinski definition) is 2. The van der Waals surface area contributed by atoms with E-state index in [1.807, 2.05) is 0 Å². The first-order chi connectivity index (χ1) is 4.54. The lowest BCUT2D eigenvalue weighted by atomic mass is 10.4. The molecule has 4 heteroatoms. The van der Waals surface area contributed by atoms with Gasteiger partial charge in [0.25, 0.3) is 0 Å². The molecule has 0 unspecified atom stereocenters. The average molecular weight is 145 g/mol. The molecule has 0 aliphatic carbocycles. The van der Waals surface area contributed by atoms with E-state index in [1.165, 1.54) is 0 Å². The summed E-state index contributed by atoms with van der Waals surface area (Å²) < 4.78 is 0. The van der Waals surface area contributed by atoms with Gasteiger partial charge in [0, 0.05) is 14.1 Å². The Labute approximate surface area is 61.4 Å². The van der Waals surface area contributed by atoms with Crippen LogP contribution in [0.15, 0.2) is 4.99 Å². The van der Waals surface area contributed by atoms with Crippen LogP contribution in [0.2, 0.25) is 0 Å². The molecule has 0 radical (unpaired) electrons. The van der Waals surface area contributed by atoms with Crippen LogP contribution in [0.25, 0.3) is 0 Å². The van der Waals surface area contributed by atoms with Gasteiger partial charge in [0.05, 0.1) is 12.6 Å². The number of nitrogens with zero attached hydrogens (tertiary/aromatic N) is 2. The molecule has 4 nitrogen and oxygen atoms in total. The van der Waals surface area contributed by atoms with Crippen LogP contribution in [-0.4, -0.2) is 42.7 Å². The van der Waals surface area contributed by atoms with E-state index in [9.17, 15) is 0 Å². The van der Waals surface area contributed by atoms with Gasteiger partial charge in [0.1, 0.15) is 0 Å². The van der Waals surface area contributed by atoms with Gasteiger partial charge >= 0.3 is 0 Å². The molecule has 60 valence electrons. The van der Waals surface area contributed by atoms with Gasteiger partial charge in [-0.25, -0.2) is 0 Å². The van der Waals surface area contributed by atoms with Crippen LogP contribution in [0.3, 0.4) is 0 Å². The third kappa shape index (κ3) is 4.14. The number of rotatable bonds is 2. The molecule has 0 aromatic carbocycles. The van der Waals surface area contributed by atoms with Crippen molar-refractivity contribution in [2.75, 3.05) is 20.6 Å². The fraction of sp³-hybridized carbons (Fsp3) is 0.833. The summed E-state index contributed by atoms with van der Waals surface area (Å²) in [6.45, 7) is 2.04. The minimum Gasteiger partial charge on any atom is -0.391 e. The van der Waals surface area contributed by atoms with E-state index in [0.29, 0.717) is 12.5 Å². The molecule has 0 bridgehead atoms. The SMILES string of the molecule is C[C@H](O)CN=C(N)N(C)C. The van der Waals surface area contributed by atoms with Crippen LogP contribution in [0.4, 0.5) is 0 Å². The fourth-order valence-corrected chi connectivity index (χ4v) is 0.367. The minimum absolute atomic E-state index is 0.365. The molecule has 0 saturated carbocycles. The Balaban J connectivity index is 3.69. The standard InChI is InChI=1S/C6H15N3O/c1-5(10)4-8-6(7)9(2)3/h5,10H,4H2,1-3H3,(H2,7,8)/t5-/m0/s1. The molecule has 0 aliphatic heterocycles. The zero-order chi connectivity index (χ0) is 8.15. The van der Waals surface area contributed by atoms with Crippen molar-refractivity contribution in [3.05, 3.63) is 0 Å². The van der Waals surface area contributed by atoms with E-state index >= 15 is 0 Å². The summed E-state index contributed by atoms with van der Waals surface area (Å²) in [6, 6.07) is 0. The number of aliphatic hydroxyl groups is 1. The smallest absolute Gasteiger partial charge is 0.190 e. The second kappa shape index (κ2) is 4.11. The van der Waals surface area contributed by atoms with Crippen molar-refractivity contribution in [1.29, 1.82) is 0 Å². The van der Waals surface area contributed by atoms with Crippen LogP contribution < -0.4 is 5.73 Å². The number of guanidine groups is 1. The minimum atomic E-state index is -0.418. The van der Waals surface area contributed by atoms with Crippen molar-refractivity contribution in [2.24, 2.45) is 10.7 Å². The molecular formula is C6H15N3O. The van der Waals surface area contributed by atoms with Crippen LogP contribution >= 0.6 is 0 Å². The van der Waals surface area contributed by atoms with Crippen LogP contribution in [0.1, 0.15) is 6.92 Å². The maximum atomic E-state index is 8.80. The summed E-state index contributed by atoms with van der Waals surface area (Å²) in [6.07, 6.45) is -0.418. The lowest BCUT2D eigenvalue weighted by Crippen LogP contribution is -2.31. The van der Waals surface area contributed by atoms with E-state index in [2.05, 4.69) is 4.99 Å². The first kappa shape index (κ1) is 9.23. The maximum Gasteiger partial charge on any atom is 0.190 e. The highest BCUT2D eigenvalue weighted by atomic mass is 16.3. The molecule has 1 atom stereocenters. The largest absolute Gasteiger partial charge is 0.391 e. The molecule has 0 fully saturated rings. The van der Waals surface area contributed by atoms with E-state index in [4.69, 9.17) is 10.8 Å². The third-order valence-corrected chi connectivity index (χ3v) is 0.976. The van der Waals surface area contributed by atoms with Gasteiger partial charge in [0.15, 0.2) is 5.96 Å². The summed E-state index contributed by atoms with van der Waals surface area (Å²) in [5, 5.41) is 8.80. The molecule has 10 heavy (non-hydrogen) atoms. The zero-order valence-electron chi connectivity index (χ0n) is 6.70. The molecule has 0 aliphatic rings. The maximum absolute atomic E-state index is 8.80. The summed E-state index contributed by atoms with van der Waals surface area (Å²) in [5.41, 5.74) is 5.43. The van der Waals surface area contributed by atoms with Crippen molar-refractivity contribution >= 4 is 5.96 Å².